The number of hydrogen-bond acceptors (Lipinski definition) is 4. The van der Waals surface area contributed by atoms with Gasteiger partial charge >= 0.3 is 0 Å². The molecule has 0 amide bonds. The summed E-state index contributed by atoms with van der Waals surface area (Å²) in [5, 5.41) is 3.87. The predicted molar refractivity (Wildman–Crippen MR) is 84.8 cm³/mol. The average Bonchev–Trinajstić information content (AvgIpc) is 3.07. The molecule has 4 rings (SSSR count). The third-order valence-corrected chi connectivity index (χ3v) is 4.17. The van der Waals surface area contributed by atoms with E-state index in [9.17, 15) is 0 Å². The molecule has 5 nitrogen and oxygen atoms in total. The Morgan fingerprint density at radius 2 is 2.24 bits per heavy atom. The SMILES string of the molecule is Cc1nc(-c2ccc3c(c2)CCN3)c2c(N)ncc(Cl)n12. The molecule has 0 radical (unpaired) electrons. The summed E-state index contributed by atoms with van der Waals surface area (Å²) in [6.45, 7) is 2.90. The van der Waals surface area contributed by atoms with E-state index in [0.717, 1.165) is 35.6 Å². The Morgan fingerprint density at radius 3 is 3.10 bits per heavy atom. The Hall–Kier alpha value is -2.27. The number of anilines is 2. The fourth-order valence-corrected chi connectivity index (χ4v) is 3.18. The van der Waals surface area contributed by atoms with Gasteiger partial charge in [0.1, 0.15) is 28.0 Å². The van der Waals surface area contributed by atoms with Crippen LogP contribution in [0.2, 0.25) is 5.15 Å². The smallest absolute Gasteiger partial charge is 0.150 e. The van der Waals surface area contributed by atoms with Crippen LogP contribution in [0, 0.1) is 6.92 Å². The van der Waals surface area contributed by atoms with Crippen LogP contribution in [0.4, 0.5) is 11.5 Å². The number of benzene rings is 1. The molecule has 3 aromatic rings. The van der Waals surface area contributed by atoms with E-state index >= 15 is 0 Å². The minimum absolute atomic E-state index is 0.439. The van der Waals surface area contributed by atoms with Gasteiger partial charge in [-0.1, -0.05) is 17.7 Å². The lowest BCUT2D eigenvalue weighted by molar-refractivity contribution is 1.03. The number of aromatic nitrogens is 3. The molecule has 3 N–H and O–H groups in total. The molecule has 106 valence electrons. The summed E-state index contributed by atoms with van der Waals surface area (Å²) in [4.78, 5) is 8.80. The zero-order valence-electron chi connectivity index (χ0n) is 11.5. The molecule has 2 aromatic heterocycles. The van der Waals surface area contributed by atoms with E-state index in [2.05, 4.69) is 33.5 Å². The highest BCUT2D eigenvalue weighted by atomic mass is 35.5. The Kier molecular flexibility index (Phi) is 2.59. The molecular weight excluding hydrogens is 286 g/mol. The number of hydrogen-bond donors (Lipinski definition) is 2. The van der Waals surface area contributed by atoms with Gasteiger partial charge in [-0.3, -0.25) is 4.40 Å². The minimum Gasteiger partial charge on any atom is -0.384 e. The van der Waals surface area contributed by atoms with Crippen LogP contribution >= 0.6 is 11.6 Å². The van der Waals surface area contributed by atoms with Gasteiger partial charge in [0.2, 0.25) is 0 Å². The van der Waals surface area contributed by atoms with Crippen molar-refractivity contribution in [3.05, 3.63) is 40.9 Å². The molecule has 0 aliphatic carbocycles. The van der Waals surface area contributed by atoms with E-state index in [4.69, 9.17) is 17.3 Å². The summed E-state index contributed by atoms with van der Waals surface area (Å²) in [6.07, 6.45) is 2.58. The summed E-state index contributed by atoms with van der Waals surface area (Å²) in [5.41, 5.74) is 11.2. The maximum Gasteiger partial charge on any atom is 0.150 e. The van der Waals surface area contributed by atoms with E-state index in [-0.39, 0.29) is 0 Å². The van der Waals surface area contributed by atoms with Crippen molar-refractivity contribution >= 4 is 28.6 Å². The highest BCUT2D eigenvalue weighted by Crippen LogP contribution is 2.33. The predicted octanol–water partition coefficient (Wildman–Crippen LogP) is 2.91. The van der Waals surface area contributed by atoms with E-state index < -0.39 is 0 Å². The maximum absolute atomic E-state index is 6.22. The lowest BCUT2D eigenvalue weighted by Crippen LogP contribution is -1.98. The zero-order chi connectivity index (χ0) is 14.6. The van der Waals surface area contributed by atoms with Crippen molar-refractivity contribution in [2.24, 2.45) is 0 Å². The molecule has 1 aliphatic rings. The first-order valence-electron chi connectivity index (χ1n) is 6.81. The van der Waals surface area contributed by atoms with Crippen LogP contribution in [0.1, 0.15) is 11.4 Å². The van der Waals surface area contributed by atoms with E-state index in [1.54, 1.807) is 6.20 Å². The van der Waals surface area contributed by atoms with Gasteiger partial charge < -0.3 is 11.1 Å². The van der Waals surface area contributed by atoms with Crippen molar-refractivity contribution < 1.29 is 0 Å². The van der Waals surface area contributed by atoms with E-state index in [1.807, 2.05) is 11.3 Å². The van der Waals surface area contributed by atoms with Gasteiger partial charge in [0.15, 0.2) is 0 Å². The fraction of sp³-hybridized carbons (Fsp3) is 0.200. The number of nitrogens with one attached hydrogen (secondary N) is 1. The third kappa shape index (κ3) is 1.77. The molecule has 6 heteroatoms. The van der Waals surface area contributed by atoms with Gasteiger partial charge in [-0.25, -0.2) is 9.97 Å². The van der Waals surface area contributed by atoms with E-state index in [1.165, 1.54) is 11.3 Å². The van der Waals surface area contributed by atoms with Gasteiger partial charge in [-0.05, 0) is 31.0 Å². The molecule has 0 saturated carbocycles. The quantitative estimate of drug-likeness (QED) is 0.725. The number of nitrogen functional groups attached to an aromatic ring is 1. The summed E-state index contributed by atoms with van der Waals surface area (Å²) in [6, 6.07) is 6.31. The molecule has 0 fully saturated rings. The molecule has 0 saturated heterocycles. The van der Waals surface area contributed by atoms with Crippen LogP contribution in [0.25, 0.3) is 16.8 Å². The molecule has 0 bridgehead atoms. The molecule has 21 heavy (non-hydrogen) atoms. The largest absolute Gasteiger partial charge is 0.384 e. The number of aryl methyl sites for hydroxylation is 1. The number of halogens is 1. The number of fused-ring (bicyclic) bond motifs is 2. The van der Waals surface area contributed by atoms with Gasteiger partial charge in [0.25, 0.3) is 0 Å². The highest BCUT2D eigenvalue weighted by Gasteiger charge is 2.18. The van der Waals surface area contributed by atoms with Gasteiger partial charge in [-0.15, -0.1) is 0 Å². The first-order valence-corrected chi connectivity index (χ1v) is 7.19. The molecular formula is C15H14ClN5. The van der Waals surface area contributed by atoms with Crippen LogP contribution < -0.4 is 11.1 Å². The number of imidazole rings is 1. The minimum atomic E-state index is 0.439. The monoisotopic (exact) mass is 299 g/mol. The lowest BCUT2D eigenvalue weighted by atomic mass is 10.1. The maximum atomic E-state index is 6.22. The third-order valence-electron chi connectivity index (χ3n) is 3.90. The average molecular weight is 300 g/mol. The first kappa shape index (κ1) is 12.5. The van der Waals surface area contributed by atoms with Crippen LogP contribution in [0.15, 0.2) is 24.4 Å². The van der Waals surface area contributed by atoms with Crippen molar-refractivity contribution in [2.75, 3.05) is 17.6 Å². The molecule has 0 unspecified atom stereocenters. The summed E-state index contributed by atoms with van der Waals surface area (Å²) >= 11 is 6.22. The number of nitrogens with two attached hydrogens (primary N) is 1. The molecule has 0 spiro atoms. The Morgan fingerprint density at radius 1 is 1.38 bits per heavy atom. The van der Waals surface area contributed by atoms with Crippen molar-refractivity contribution in [1.82, 2.24) is 14.4 Å². The molecule has 1 aliphatic heterocycles. The van der Waals surface area contributed by atoms with Crippen LogP contribution in [-0.4, -0.2) is 20.9 Å². The Bertz CT molecular complexity index is 868. The molecule has 3 heterocycles. The highest BCUT2D eigenvalue weighted by molar-refractivity contribution is 6.29. The van der Waals surface area contributed by atoms with Crippen molar-refractivity contribution in [3.8, 4) is 11.3 Å². The van der Waals surface area contributed by atoms with Gasteiger partial charge in [-0.2, -0.15) is 0 Å². The second-order valence-corrected chi connectivity index (χ2v) is 5.59. The number of nitrogens with zero attached hydrogens (tertiary/aromatic N) is 3. The molecule has 1 aromatic carbocycles. The van der Waals surface area contributed by atoms with Gasteiger partial charge in [0, 0.05) is 17.8 Å². The number of rotatable bonds is 1. The zero-order valence-corrected chi connectivity index (χ0v) is 12.3. The lowest BCUT2D eigenvalue weighted by Gasteiger charge is -2.05. The van der Waals surface area contributed by atoms with Crippen molar-refractivity contribution in [1.29, 1.82) is 0 Å². The normalized spacial score (nSPS) is 13.4. The van der Waals surface area contributed by atoms with E-state index in [0.29, 0.717) is 11.0 Å². The Labute approximate surface area is 126 Å². The Balaban J connectivity index is 2.01. The standard InChI is InChI=1S/C15H14ClN5/c1-8-20-13(14-15(17)19-7-12(16)21(8)14)10-2-3-11-9(6-10)4-5-18-11/h2-3,6-7,18H,4-5H2,1H3,(H2,17,19). The first-order chi connectivity index (χ1) is 10.1. The topological polar surface area (TPSA) is 68.2 Å². The van der Waals surface area contributed by atoms with Crippen molar-refractivity contribution in [3.63, 3.8) is 0 Å². The van der Waals surface area contributed by atoms with Crippen LogP contribution in [0.3, 0.4) is 0 Å². The molecule has 0 atom stereocenters. The summed E-state index contributed by atoms with van der Waals surface area (Å²) in [5.74, 6) is 1.24. The van der Waals surface area contributed by atoms with Crippen LogP contribution in [0.5, 0.6) is 0 Å². The summed E-state index contributed by atoms with van der Waals surface area (Å²) < 4.78 is 1.84. The van der Waals surface area contributed by atoms with Gasteiger partial charge in [0.05, 0.1) is 6.20 Å². The fourth-order valence-electron chi connectivity index (χ4n) is 2.92. The van der Waals surface area contributed by atoms with Crippen LogP contribution in [-0.2, 0) is 6.42 Å². The van der Waals surface area contributed by atoms with Crippen molar-refractivity contribution in [2.45, 2.75) is 13.3 Å². The second-order valence-electron chi connectivity index (χ2n) is 5.21. The second kappa shape index (κ2) is 4.36. The summed E-state index contributed by atoms with van der Waals surface area (Å²) in [7, 11) is 0.